The van der Waals surface area contributed by atoms with Gasteiger partial charge in [-0.25, -0.2) is 4.39 Å². The van der Waals surface area contributed by atoms with E-state index in [-0.39, 0.29) is 30.7 Å². The molecule has 1 saturated heterocycles. The number of methoxy groups -OCH3 is 1. The maximum Gasteiger partial charge on any atom is 0.246 e. The summed E-state index contributed by atoms with van der Waals surface area (Å²) in [6.45, 7) is 0.239. The zero-order valence-corrected chi connectivity index (χ0v) is 19.2. The van der Waals surface area contributed by atoms with Gasteiger partial charge < -0.3 is 19.5 Å². The molecule has 7 heteroatoms. The van der Waals surface area contributed by atoms with E-state index >= 15 is 0 Å². The molecule has 1 fully saturated rings. The van der Waals surface area contributed by atoms with E-state index < -0.39 is 12.1 Å². The fraction of sp³-hybridized carbons (Fsp3) is 0.214. The smallest absolute Gasteiger partial charge is 0.246 e. The van der Waals surface area contributed by atoms with E-state index in [0.29, 0.717) is 12.2 Å². The first-order valence-corrected chi connectivity index (χ1v) is 11.6. The standard InChI is InChI=1S/C28H24FN3O3/c1-35-20-6-4-5-18(13-20)27-26-22(21-7-2-3-8-23(21)30-26)14-24-28(34)31(16-25(33)32(24)27)15-17-9-11-19(29)12-10-17/h2-13,24,27,30H,14-16H2,1H3/t24-,27+/m0/s1. The summed E-state index contributed by atoms with van der Waals surface area (Å²) in [6, 6.07) is 20.7. The van der Waals surface area contributed by atoms with E-state index in [1.807, 2.05) is 48.5 Å². The highest BCUT2D eigenvalue weighted by Gasteiger charge is 2.48. The number of rotatable bonds is 4. The molecule has 176 valence electrons. The van der Waals surface area contributed by atoms with Gasteiger partial charge in [-0.3, -0.25) is 9.59 Å². The third kappa shape index (κ3) is 3.55. The monoisotopic (exact) mass is 469 g/mol. The summed E-state index contributed by atoms with van der Waals surface area (Å²) in [7, 11) is 1.61. The number of para-hydroxylation sites is 1. The van der Waals surface area contributed by atoms with Crippen LogP contribution in [0.3, 0.4) is 0 Å². The molecule has 0 bridgehead atoms. The minimum atomic E-state index is -0.625. The molecule has 2 aliphatic rings. The largest absolute Gasteiger partial charge is 0.497 e. The third-order valence-electron chi connectivity index (χ3n) is 7.04. The van der Waals surface area contributed by atoms with E-state index in [0.717, 1.165) is 33.3 Å². The summed E-state index contributed by atoms with van der Waals surface area (Å²) in [5.41, 5.74) is 4.64. The third-order valence-corrected chi connectivity index (χ3v) is 7.04. The van der Waals surface area contributed by atoms with Gasteiger partial charge in [0, 0.05) is 29.6 Å². The first-order chi connectivity index (χ1) is 17.0. The van der Waals surface area contributed by atoms with Crippen molar-refractivity contribution in [3.05, 3.63) is 101 Å². The number of halogens is 1. The van der Waals surface area contributed by atoms with Crippen LogP contribution in [0.15, 0.2) is 72.8 Å². The number of amides is 2. The molecule has 6 nitrogen and oxygen atoms in total. The van der Waals surface area contributed by atoms with Gasteiger partial charge in [0.15, 0.2) is 0 Å². The van der Waals surface area contributed by atoms with Crippen LogP contribution in [0.5, 0.6) is 5.75 Å². The number of fused-ring (bicyclic) bond motifs is 4. The van der Waals surface area contributed by atoms with Gasteiger partial charge in [-0.05, 0) is 47.0 Å². The second kappa shape index (κ2) is 8.27. The van der Waals surface area contributed by atoms with Crippen molar-refractivity contribution in [1.29, 1.82) is 0 Å². The first-order valence-electron chi connectivity index (χ1n) is 11.6. The Hall–Kier alpha value is -4.13. The summed E-state index contributed by atoms with van der Waals surface area (Å²) < 4.78 is 18.8. The molecular formula is C28H24FN3O3. The number of nitrogens with zero attached hydrogens (tertiary/aromatic N) is 2. The average molecular weight is 470 g/mol. The molecule has 2 amide bonds. The minimum absolute atomic E-state index is 0.0251. The van der Waals surface area contributed by atoms with Crippen LogP contribution >= 0.6 is 0 Å². The lowest BCUT2D eigenvalue weighted by atomic mass is 9.86. The van der Waals surface area contributed by atoms with Gasteiger partial charge in [0.25, 0.3) is 0 Å². The van der Waals surface area contributed by atoms with Crippen molar-refractivity contribution >= 4 is 22.7 Å². The van der Waals surface area contributed by atoms with Gasteiger partial charge in [0.2, 0.25) is 11.8 Å². The number of carbonyl (C=O) groups excluding carboxylic acids is 2. The maximum atomic E-state index is 13.8. The van der Waals surface area contributed by atoms with E-state index in [2.05, 4.69) is 4.98 Å². The Labute approximate surface area is 201 Å². The molecule has 2 atom stereocenters. The second-order valence-corrected chi connectivity index (χ2v) is 9.08. The normalized spacial score (nSPS) is 19.6. The van der Waals surface area contributed by atoms with E-state index in [9.17, 15) is 14.0 Å². The Morgan fingerprint density at radius 3 is 2.63 bits per heavy atom. The molecule has 0 saturated carbocycles. The number of carbonyl (C=O) groups is 2. The minimum Gasteiger partial charge on any atom is -0.497 e. The van der Waals surface area contributed by atoms with Crippen molar-refractivity contribution in [2.24, 2.45) is 0 Å². The van der Waals surface area contributed by atoms with Crippen molar-refractivity contribution in [3.63, 3.8) is 0 Å². The van der Waals surface area contributed by atoms with Crippen LogP contribution in [0.1, 0.15) is 28.4 Å². The van der Waals surface area contributed by atoms with Crippen LogP contribution in [0, 0.1) is 5.82 Å². The number of ether oxygens (including phenoxy) is 1. The maximum absolute atomic E-state index is 13.8. The van der Waals surface area contributed by atoms with Crippen molar-refractivity contribution < 1.29 is 18.7 Å². The van der Waals surface area contributed by atoms with Crippen molar-refractivity contribution in [2.45, 2.75) is 25.0 Å². The summed E-state index contributed by atoms with van der Waals surface area (Å²) in [4.78, 5) is 34.2. The lowest BCUT2D eigenvalue weighted by molar-refractivity contribution is -0.159. The molecule has 1 aromatic heterocycles. The first kappa shape index (κ1) is 21.4. The highest BCUT2D eigenvalue weighted by atomic mass is 19.1. The molecule has 4 aromatic rings. The molecule has 1 N–H and O–H groups in total. The predicted molar refractivity (Wildman–Crippen MR) is 129 cm³/mol. The van der Waals surface area contributed by atoms with Gasteiger partial charge in [-0.2, -0.15) is 0 Å². The zero-order chi connectivity index (χ0) is 24.1. The number of aromatic nitrogens is 1. The zero-order valence-electron chi connectivity index (χ0n) is 19.2. The fourth-order valence-electron chi connectivity index (χ4n) is 5.43. The lowest BCUT2D eigenvalue weighted by Crippen LogP contribution is -2.62. The van der Waals surface area contributed by atoms with Crippen LogP contribution in [-0.2, 0) is 22.6 Å². The molecule has 2 aliphatic heterocycles. The molecule has 6 rings (SSSR count). The Morgan fingerprint density at radius 2 is 1.83 bits per heavy atom. The molecule has 0 aliphatic carbocycles. The number of benzene rings is 3. The number of hydrogen-bond donors (Lipinski definition) is 1. The van der Waals surface area contributed by atoms with Crippen LogP contribution in [0.4, 0.5) is 4.39 Å². The van der Waals surface area contributed by atoms with E-state index in [1.54, 1.807) is 29.0 Å². The Balaban J connectivity index is 1.45. The van der Waals surface area contributed by atoms with Crippen LogP contribution in [0.2, 0.25) is 0 Å². The van der Waals surface area contributed by atoms with Gasteiger partial charge >= 0.3 is 0 Å². The predicted octanol–water partition coefficient (Wildman–Crippen LogP) is 4.20. The Bertz CT molecular complexity index is 1450. The summed E-state index contributed by atoms with van der Waals surface area (Å²) >= 11 is 0. The molecular weight excluding hydrogens is 445 g/mol. The molecule has 3 heterocycles. The molecule has 3 aromatic carbocycles. The summed E-state index contributed by atoms with van der Waals surface area (Å²) in [5, 5.41) is 1.06. The van der Waals surface area contributed by atoms with Crippen LogP contribution < -0.4 is 4.74 Å². The topological polar surface area (TPSA) is 65.6 Å². The van der Waals surface area contributed by atoms with E-state index in [4.69, 9.17) is 4.74 Å². The summed E-state index contributed by atoms with van der Waals surface area (Å²) in [6.07, 6.45) is 0.435. The van der Waals surface area contributed by atoms with Crippen LogP contribution in [-0.4, -0.2) is 46.3 Å². The molecule has 35 heavy (non-hydrogen) atoms. The number of piperazine rings is 1. The highest BCUT2D eigenvalue weighted by molar-refractivity contribution is 5.97. The fourth-order valence-corrected chi connectivity index (χ4v) is 5.43. The number of H-pyrrole nitrogens is 1. The van der Waals surface area contributed by atoms with Gasteiger partial charge in [0.05, 0.1) is 13.2 Å². The number of hydrogen-bond acceptors (Lipinski definition) is 3. The van der Waals surface area contributed by atoms with Gasteiger partial charge in [-0.15, -0.1) is 0 Å². The van der Waals surface area contributed by atoms with Crippen molar-refractivity contribution in [1.82, 2.24) is 14.8 Å². The van der Waals surface area contributed by atoms with Crippen molar-refractivity contribution in [3.8, 4) is 5.75 Å². The number of aromatic amines is 1. The second-order valence-electron chi connectivity index (χ2n) is 9.08. The highest BCUT2D eigenvalue weighted by Crippen LogP contribution is 2.43. The van der Waals surface area contributed by atoms with E-state index in [1.165, 1.54) is 12.1 Å². The molecule has 0 unspecified atom stereocenters. The molecule has 0 spiro atoms. The van der Waals surface area contributed by atoms with Gasteiger partial charge in [-0.1, -0.05) is 42.5 Å². The summed E-state index contributed by atoms with van der Waals surface area (Å²) in [5.74, 6) is 0.142. The van der Waals surface area contributed by atoms with Crippen LogP contribution in [0.25, 0.3) is 10.9 Å². The molecule has 0 radical (unpaired) electrons. The SMILES string of the molecule is COc1cccc([C@@H]2c3[nH]c4ccccc4c3C[C@H]3C(=O)N(Cc4ccc(F)cc4)CC(=O)N23)c1. The lowest BCUT2D eigenvalue weighted by Gasteiger charge is -2.47. The Kier molecular flexibility index (Phi) is 5.06. The Morgan fingerprint density at radius 1 is 1.03 bits per heavy atom. The number of nitrogens with one attached hydrogen (secondary N) is 1. The van der Waals surface area contributed by atoms with Gasteiger partial charge in [0.1, 0.15) is 24.2 Å². The van der Waals surface area contributed by atoms with Crippen molar-refractivity contribution in [2.75, 3.05) is 13.7 Å². The average Bonchev–Trinajstić information content (AvgIpc) is 3.25. The quantitative estimate of drug-likeness (QED) is 0.487.